The molecule has 0 aromatic heterocycles. The number of amides is 2. The molecule has 116 valence electrons. The van der Waals surface area contributed by atoms with Crippen molar-refractivity contribution in [3.8, 4) is 0 Å². The van der Waals surface area contributed by atoms with E-state index in [1.54, 1.807) is 43.3 Å². The topological polar surface area (TPSA) is 49.4 Å². The molecule has 2 aromatic rings. The molecule has 2 amide bonds. The number of carbonyl (C=O) groups is 2. The van der Waals surface area contributed by atoms with Gasteiger partial charge in [-0.15, -0.1) is 0 Å². The Balaban J connectivity index is 1.79. The molecule has 0 bridgehead atoms. The predicted octanol–water partition coefficient (Wildman–Crippen LogP) is 3.79. The molecule has 2 aromatic carbocycles. The van der Waals surface area contributed by atoms with Crippen molar-refractivity contribution in [1.82, 2.24) is 4.90 Å². The monoisotopic (exact) mass is 326 g/mol. The third-order valence-electron chi connectivity index (χ3n) is 3.86. The van der Waals surface area contributed by atoms with Crippen molar-refractivity contribution < 1.29 is 9.59 Å². The Kier molecular flexibility index (Phi) is 3.92. The van der Waals surface area contributed by atoms with Crippen molar-refractivity contribution in [2.75, 3.05) is 5.32 Å². The summed E-state index contributed by atoms with van der Waals surface area (Å²) in [5.41, 5.74) is 2.51. The van der Waals surface area contributed by atoms with Gasteiger partial charge >= 0.3 is 0 Å². The number of nitrogens with zero attached hydrogens (tertiary/aromatic N) is 1. The quantitative estimate of drug-likeness (QED) is 0.932. The number of benzene rings is 2. The van der Waals surface area contributed by atoms with E-state index in [1.807, 2.05) is 12.1 Å². The molecule has 1 aliphatic rings. The fourth-order valence-electron chi connectivity index (χ4n) is 2.61. The minimum Gasteiger partial charge on any atom is -0.324 e. The van der Waals surface area contributed by atoms with Gasteiger partial charge in [0, 0.05) is 27.5 Å². The van der Waals surface area contributed by atoms with Crippen LogP contribution in [0.25, 0.3) is 5.70 Å². The van der Waals surface area contributed by atoms with Gasteiger partial charge in [0.05, 0.1) is 0 Å². The molecule has 3 rings (SSSR count). The van der Waals surface area contributed by atoms with E-state index in [9.17, 15) is 9.59 Å². The number of anilines is 1. The van der Waals surface area contributed by atoms with Crippen LogP contribution in [0, 0.1) is 0 Å². The molecule has 1 N–H and O–H groups in total. The second-order valence-electron chi connectivity index (χ2n) is 5.34. The summed E-state index contributed by atoms with van der Waals surface area (Å²) in [6, 6.07) is 13.4. The van der Waals surface area contributed by atoms with Crippen LogP contribution >= 0.6 is 11.6 Å². The predicted molar refractivity (Wildman–Crippen MR) is 91.2 cm³/mol. The first kappa shape index (κ1) is 15.3. The minimum absolute atomic E-state index is 0.204. The van der Waals surface area contributed by atoms with Crippen LogP contribution < -0.4 is 5.32 Å². The Morgan fingerprint density at radius 2 is 1.74 bits per heavy atom. The SMILES string of the molecule is C=C1c2ccccc2C(=O)N1[C@@H](C)C(=O)Nc1ccc(Cl)cc1. The molecule has 0 unspecified atom stereocenters. The first-order chi connectivity index (χ1) is 11.0. The Labute approximate surface area is 139 Å². The van der Waals surface area contributed by atoms with Crippen LogP contribution in [0.5, 0.6) is 0 Å². The Bertz CT molecular complexity index is 764. The molecular formula is C18H15ClN2O2. The average Bonchev–Trinajstić information content (AvgIpc) is 2.81. The van der Waals surface area contributed by atoms with Crippen molar-refractivity contribution in [3.05, 3.63) is 71.3 Å². The Morgan fingerprint density at radius 1 is 1.13 bits per heavy atom. The third-order valence-corrected chi connectivity index (χ3v) is 4.11. The highest BCUT2D eigenvalue weighted by molar-refractivity contribution is 6.30. The maximum absolute atomic E-state index is 12.5. The highest BCUT2D eigenvalue weighted by Gasteiger charge is 2.36. The molecule has 5 heteroatoms. The van der Waals surface area contributed by atoms with Gasteiger partial charge in [-0.25, -0.2) is 0 Å². The molecule has 1 heterocycles. The molecule has 0 spiro atoms. The summed E-state index contributed by atoms with van der Waals surface area (Å²) < 4.78 is 0. The minimum atomic E-state index is -0.668. The highest BCUT2D eigenvalue weighted by Crippen LogP contribution is 2.33. The number of hydrogen-bond donors (Lipinski definition) is 1. The maximum Gasteiger partial charge on any atom is 0.259 e. The Morgan fingerprint density at radius 3 is 2.35 bits per heavy atom. The molecule has 1 atom stereocenters. The van der Waals surface area contributed by atoms with E-state index in [4.69, 9.17) is 11.6 Å². The lowest BCUT2D eigenvalue weighted by Crippen LogP contribution is -2.41. The lowest BCUT2D eigenvalue weighted by Gasteiger charge is -2.24. The number of rotatable bonds is 3. The van der Waals surface area contributed by atoms with Crippen molar-refractivity contribution >= 4 is 34.8 Å². The standard InChI is InChI=1S/C18H15ClN2O2/c1-11-15-5-3-4-6-16(15)18(23)21(11)12(2)17(22)20-14-9-7-13(19)8-10-14/h3-10,12H,1H2,2H3,(H,20,22)/t12-/m0/s1. The van der Waals surface area contributed by atoms with E-state index < -0.39 is 6.04 Å². The third kappa shape index (κ3) is 2.73. The molecular weight excluding hydrogens is 312 g/mol. The van der Waals surface area contributed by atoms with Crippen molar-refractivity contribution in [1.29, 1.82) is 0 Å². The normalized spacial score (nSPS) is 14.6. The number of halogens is 1. The number of carbonyl (C=O) groups excluding carboxylic acids is 2. The zero-order valence-electron chi connectivity index (χ0n) is 12.5. The average molecular weight is 327 g/mol. The number of hydrogen-bond acceptors (Lipinski definition) is 2. The van der Waals surface area contributed by atoms with Crippen molar-refractivity contribution in [2.24, 2.45) is 0 Å². The first-order valence-corrected chi connectivity index (χ1v) is 7.55. The second-order valence-corrected chi connectivity index (χ2v) is 5.78. The maximum atomic E-state index is 12.5. The van der Waals surface area contributed by atoms with Crippen LogP contribution in [0.4, 0.5) is 5.69 Å². The van der Waals surface area contributed by atoms with Gasteiger partial charge in [0.15, 0.2) is 0 Å². The zero-order chi connectivity index (χ0) is 16.6. The molecule has 0 saturated heterocycles. The fourth-order valence-corrected chi connectivity index (χ4v) is 2.74. The van der Waals surface area contributed by atoms with Crippen LogP contribution in [-0.2, 0) is 4.79 Å². The Hall–Kier alpha value is -2.59. The van der Waals surface area contributed by atoms with Gasteiger partial charge in [0.1, 0.15) is 6.04 Å². The van der Waals surface area contributed by atoms with Gasteiger partial charge < -0.3 is 5.32 Å². The van der Waals surface area contributed by atoms with Gasteiger partial charge in [-0.3, -0.25) is 14.5 Å². The largest absolute Gasteiger partial charge is 0.324 e. The molecule has 0 saturated carbocycles. The summed E-state index contributed by atoms with van der Waals surface area (Å²) in [4.78, 5) is 26.4. The van der Waals surface area contributed by atoms with Crippen molar-refractivity contribution in [2.45, 2.75) is 13.0 Å². The van der Waals surface area contributed by atoms with Gasteiger partial charge in [0.25, 0.3) is 5.91 Å². The smallest absolute Gasteiger partial charge is 0.259 e. The van der Waals surface area contributed by atoms with E-state index in [1.165, 1.54) is 4.90 Å². The fraction of sp³-hybridized carbons (Fsp3) is 0.111. The van der Waals surface area contributed by atoms with Crippen LogP contribution in [-0.4, -0.2) is 22.8 Å². The van der Waals surface area contributed by atoms with E-state index in [-0.39, 0.29) is 11.8 Å². The molecule has 4 nitrogen and oxygen atoms in total. The molecule has 23 heavy (non-hydrogen) atoms. The summed E-state index contributed by atoms with van der Waals surface area (Å²) in [6.45, 7) is 5.64. The molecule has 1 aliphatic heterocycles. The van der Waals surface area contributed by atoms with E-state index in [2.05, 4.69) is 11.9 Å². The van der Waals surface area contributed by atoms with E-state index in [0.29, 0.717) is 22.0 Å². The summed E-state index contributed by atoms with van der Waals surface area (Å²) in [7, 11) is 0. The van der Waals surface area contributed by atoms with E-state index >= 15 is 0 Å². The highest BCUT2D eigenvalue weighted by atomic mass is 35.5. The summed E-state index contributed by atoms with van der Waals surface area (Å²) in [6.07, 6.45) is 0. The number of fused-ring (bicyclic) bond motifs is 1. The van der Waals surface area contributed by atoms with Crippen LogP contribution in [0.1, 0.15) is 22.8 Å². The summed E-state index contributed by atoms with van der Waals surface area (Å²) in [5, 5.41) is 3.37. The molecule has 0 fully saturated rings. The summed E-state index contributed by atoms with van der Waals surface area (Å²) >= 11 is 5.83. The number of nitrogens with one attached hydrogen (secondary N) is 1. The van der Waals surface area contributed by atoms with Gasteiger partial charge in [-0.2, -0.15) is 0 Å². The van der Waals surface area contributed by atoms with Crippen LogP contribution in [0.15, 0.2) is 55.1 Å². The van der Waals surface area contributed by atoms with Gasteiger partial charge in [-0.1, -0.05) is 36.4 Å². The summed E-state index contributed by atoms with van der Waals surface area (Å²) in [5.74, 6) is -0.487. The van der Waals surface area contributed by atoms with Crippen LogP contribution in [0.2, 0.25) is 5.02 Å². The second kappa shape index (κ2) is 5.89. The molecule has 0 radical (unpaired) electrons. The zero-order valence-corrected chi connectivity index (χ0v) is 13.3. The van der Waals surface area contributed by atoms with Gasteiger partial charge in [-0.05, 0) is 37.3 Å². The van der Waals surface area contributed by atoms with E-state index in [0.717, 1.165) is 5.56 Å². The lowest BCUT2D eigenvalue weighted by atomic mass is 10.1. The van der Waals surface area contributed by atoms with Gasteiger partial charge in [0.2, 0.25) is 5.91 Å². The first-order valence-electron chi connectivity index (χ1n) is 7.17. The molecule has 0 aliphatic carbocycles. The van der Waals surface area contributed by atoms with Crippen LogP contribution in [0.3, 0.4) is 0 Å². The lowest BCUT2D eigenvalue weighted by molar-refractivity contribution is -0.119. The van der Waals surface area contributed by atoms with Crippen molar-refractivity contribution in [3.63, 3.8) is 0 Å².